The molecule has 0 bridgehead atoms. The number of aliphatic hydroxyl groups is 1. The summed E-state index contributed by atoms with van der Waals surface area (Å²) in [5.41, 5.74) is 0.258. The maximum absolute atomic E-state index is 9.92. The van der Waals surface area contributed by atoms with Gasteiger partial charge in [0.1, 0.15) is 17.6 Å². The first-order chi connectivity index (χ1) is 8.00. The van der Waals surface area contributed by atoms with E-state index < -0.39 is 5.60 Å². The molecule has 1 aliphatic rings. The SMILES string of the molecule is COCOc1ccc2c(c1)O[C@H](C(C)(C)O)C2. The second-order valence-electron chi connectivity index (χ2n) is 4.78. The van der Waals surface area contributed by atoms with E-state index in [-0.39, 0.29) is 12.9 Å². The highest BCUT2D eigenvalue weighted by atomic mass is 16.7. The fourth-order valence-electron chi connectivity index (χ4n) is 1.82. The molecule has 17 heavy (non-hydrogen) atoms. The van der Waals surface area contributed by atoms with Crippen molar-refractivity contribution in [2.24, 2.45) is 0 Å². The number of fused-ring (bicyclic) bond motifs is 1. The number of hydrogen-bond donors (Lipinski definition) is 1. The van der Waals surface area contributed by atoms with E-state index in [1.807, 2.05) is 18.2 Å². The molecule has 1 aromatic carbocycles. The Morgan fingerprint density at radius 3 is 2.88 bits per heavy atom. The Morgan fingerprint density at radius 2 is 2.24 bits per heavy atom. The van der Waals surface area contributed by atoms with Gasteiger partial charge in [0.05, 0.1) is 5.60 Å². The van der Waals surface area contributed by atoms with E-state index in [2.05, 4.69) is 0 Å². The summed E-state index contributed by atoms with van der Waals surface area (Å²) >= 11 is 0. The van der Waals surface area contributed by atoms with Crippen molar-refractivity contribution in [2.75, 3.05) is 13.9 Å². The first-order valence-electron chi connectivity index (χ1n) is 5.64. The zero-order chi connectivity index (χ0) is 12.5. The van der Waals surface area contributed by atoms with Gasteiger partial charge in [-0.05, 0) is 25.5 Å². The topological polar surface area (TPSA) is 47.9 Å². The summed E-state index contributed by atoms with van der Waals surface area (Å²) in [6.07, 6.45) is 0.527. The molecule has 1 N–H and O–H groups in total. The molecule has 4 nitrogen and oxygen atoms in total. The minimum atomic E-state index is -0.841. The maximum Gasteiger partial charge on any atom is 0.188 e. The average Bonchev–Trinajstić information content (AvgIpc) is 2.68. The van der Waals surface area contributed by atoms with Crippen LogP contribution in [0.5, 0.6) is 11.5 Å². The van der Waals surface area contributed by atoms with Crippen LogP contribution in [0.25, 0.3) is 0 Å². The fraction of sp³-hybridized carbons (Fsp3) is 0.538. The highest BCUT2D eigenvalue weighted by Gasteiger charge is 2.34. The largest absolute Gasteiger partial charge is 0.487 e. The molecule has 0 radical (unpaired) electrons. The van der Waals surface area contributed by atoms with Gasteiger partial charge in [0, 0.05) is 19.6 Å². The summed E-state index contributed by atoms with van der Waals surface area (Å²) in [5.74, 6) is 1.49. The second-order valence-corrected chi connectivity index (χ2v) is 4.78. The normalized spacial score (nSPS) is 18.7. The molecule has 0 amide bonds. The van der Waals surface area contributed by atoms with Crippen LogP contribution in [0.1, 0.15) is 19.4 Å². The minimum Gasteiger partial charge on any atom is -0.487 e. The van der Waals surface area contributed by atoms with Crippen LogP contribution in [-0.4, -0.2) is 30.7 Å². The third-order valence-electron chi connectivity index (χ3n) is 2.84. The van der Waals surface area contributed by atoms with Crippen molar-refractivity contribution in [1.82, 2.24) is 0 Å². The molecular formula is C13H18O4. The molecule has 1 heterocycles. The lowest BCUT2D eigenvalue weighted by Crippen LogP contribution is -2.39. The Labute approximate surface area is 101 Å². The molecule has 0 spiro atoms. The van der Waals surface area contributed by atoms with Crippen LogP contribution in [0.4, 0.5) is 0 Å². The predicted octanol–water partition coefficient (Wildman–Crippen LogP) is 1.74. The summed E-state index contributed by atoms with van der Waals surface area (Å²) in [5, 5.41) is 9.92. The van der Waals surface area contributed by atoms with Crippen LogP contribution in [0.2, 0.25) is 0 Å². The van der Waals surface area contributed by atoms with Crippen LogP contribution in [0.3, 0.4) is 0 Å². The van der Waals surface area contributed by atoms with E-state index in [1.54, 1.807) is 21.0 Å². The number of ether oxygens (including phenoxy) is 3. The van der Waals surface area contributed by atoms with Crippen LogP contribution in [-0.2, 0) is 11.2 Å². The molecule has 0 fully saturated rings. The molecular weight excluding hydrogens is 220 g/mol. The van der Waals surface area contributed by atoms with Crippen molar-refractivity contribution in [3.05, 3.63) is 23.8 Å². The minimum absolute atomic E-state index is 0.199. The van der Waals surface area contributed by atoms with Crippen molar-refractivity contribution < 1.29 is 19.3 Å². The third kappa shape index (κ3) is 2.70. The second kappa shape index (κ2) is 4.55. The lowest BCUT2D eigenvalue weighted by Gasteiger charge is -2.24. The predicted molar refractivity (Wildman–Crippen MR) is 63.4 cm³/mol. The smallest absolute Gasteiger partial charge is 0.188 e. The van der Waals surface area contributed by atoms with Gasteiger partial charge >= 0.3 is 0 Å². The van der Waals surface area contributed by atoms with Crippen molar-refractivity contribution in [3.63, 3.8) is 0 Å². The van der Waals surface area contributed by atoms with E-state index in [4.69, 9.17) is 14.2 Å². The van der Waals surface area contributed by atoms with Crippen LogP contribution in [0.15, 0.2) is 18.2 Å². The molecule has 0 unspecified atom stereocenters. The van der Waals surface area contributed by atoms with Gasteiger partial charge in [0.25, 0.3) is 0 Å². The summed E-state index contributed by atoms with van der Waals surface area (Å²) in [7, 11) is 1.58. The zero-order valence-corrected chi connectivity index (χ0v) is 10.4. The number of rotatable bonds is 4. The van der Waals surface area contributed by atoms with Gasteiger partial charge in [-0.1, -0.05) is 6.07 Å². The molecule has 1 aromatic rings. The maximum atomic E-state index is 9.92. The molecule has 4 heteroatoms. The Bertz CT molecular complexity index is 395. The van der Waals surface area contributed by atoms with Crippen molar-refractivity contribution in [3.8, 4) is 11.5 Å². The van der Waals surface area contributed by atoms with E-state index in [0.29, 0.717) is 5.75 Å². The van der Waals surface area contributed by atoms with Crippen molar-refractivity contribution in [2.45, 2.75) is 32.0 Å². The van der Waals surface area contributed by atoms with Gasteiger partial charge in [-0.15, -0.1) is 0 Å². The van der Waals surface area contributed by atoms with Crippen LogP contribution < -0.4 is 9.47 Å². The first kappa shape index (κ1) is 12.2. The number of methoxy groups -OCH3 is 1. The van der Waals surface area contributed by atoms with Crippen LogP contribution >= 0.6 is 0 Å². The molecule has 0 aliphatic carbocycles. The molecule has 1 atom stereocenters. The monoisotopic (exact) mass is 238 g/mol. The summed E-state index contributed by atoms with van der Waals surface area (Å²) in [6.45, 7) is 3.73. The molecule has 0 aromatic heterocycles. The van der Waals surface area contributed by atoms with Gasteiger partial charge in [-0.25, -0.2) is 0 Å². The highest BCUT2D eigenvalue weighted by molar-refractivity contribution is 5.44. The van der Waals surface area contributed by atoms with Crippen molar-refractivity contribution >= 4 is 0 Å². The third-order valence-corrected chi connectivity index (χ3v) is 2.84. The van der Waals surface area contributed by atoms with Gasteiger partial charge < -0.3 is 19.3 Å². The van der Waals surface area contributed by atoms with Gasteiger partial charge in [0.2, 0.25) is 0 Å². The fourth-order valence-corrected chi connectivity index (χ4v) is 1.82. The summed E-state index contributed by atoms with van der Waals surface area (Å²) in [4.78, 5) is 0. The molecule has 0 saturated heterocycles. The molecule has 0 saturated carbocycles. The Kier molecular flexibility index (Phi) is 3.26. The Morgan fingerprint density at radius 1 is 1.47 bits per heavy atom. The summed E-state index contributed by atoms with van der Waals surface area (Å²) < 4.78 is 15.9. The number of benzene rings is 1. The van der Waals surface area contributed by atoms with Gasteiger partial charge in [-0.3, -0.25) is 0 Å². The molecule has 2 rings (SSSR count). The molecule has 1 aliphatic heterocycles. The first-order valence-corrected chi connectivity index (χ1v) is 5.64. The van der Waals surface area contributed by atoms with Crippen LogP contribution in [0, 0.1) is 0 Å². The standard InChI is InChI=1S/C13H18O4/c1-13(2,14)12-6-9-4-5-10(16-8-15-3)7-11(9)17-12/h4-5,7,12,14H,6,8H2,1-3H3/t12-/m0/s1. The zero-order valence-electron chi connectivity index (χ0n) is 10.4. The quantitative estimate of drug-likeness (QED) is 0.812. The Hall–Kier alpha value is -1.26. The Balaban J connectivity index is 2.11. The van der Waals surface area contributed by atoms with E-state index in [1.165, 1.54) is 0 Å². The average molecular weight is 238 g/mol. The van der Waals surface area contributed by atoms with E-state index in [0.717, 1.165) is 17.7 Å². The van der Waals surface area contributed by atoms with Crippen molar-refractivity contribution in [1.29, 1.82) is 0 Å². The summed E-state index contributed by atoms with van der Waals surface area (Å²) in [6, 6.07) is 5.68. The van der Waals surface area contributed by atoms with Gasteiger partial charge in [0.15, 0.2) is 6.79 Å². The lowest BCUT2D eigenvalue weighted by atomic mass is 9.97. The van der Waals surface area contributed by atoms with E-state index in [9.17, 15) is 5.11 Å². The molecule has 94 valence electrons. The number of hydrogen-bond acceptors (Lipinski definition) is 4. The van der Waals surface area contributed by atoms with E-state index >= 15 is 0 Å². The lowest BCUT2D eigenvalue weighted by molar-refractivity contribution is -0.0231. The highest BCUT2D eigenvalue weighted by Crippen LogP contribution is 2.35. The van der Waals surface area contributed by atoms with Gasteiger partial charge in [-0.2, -0.15) is 0 Å².